The third-order valence-electron chi connectivity index (χ3n) is 4.61. The summed E-state index contributed by atoms with van der Waals surface area (Å²) in [4.78, 5) is 16.0. The molecule has 0 saturated heterocycles. The van der Waals surface area contributed by atoms with Gasteiger partial charge in [0.25, 0.3) is 0 Å². The molecule has 2 nitrogen and oxygen atoms in total. The van der Waals surface area contributed by atoms with Crippen molar-refractivity contribution in [3.8, 4) is 0 Å². The van der Waals surface area contributed by atoms with E-state index in [9.17, 15) is 9.18 Å². The van der Waals surface area contributed by atoms with Crippen LogP contribution in [0.5, 0.6) is 0 Å². The maximum atomic E-state index is 13.7. The Morgan fingerprint density at radius 1 is 1.30 bits per heavy atom. The SMILES string of the molecule is CN(Cc1ccc(Cl)s1)C(=O)C1(c2cccc(F)c2)CCCC1. The first-order chi connectivity index (χ1) is 11.0. The molecule has 2 aromatic rings. The van der Waals surface area contributed by atoms with Gasteiger partial charge in [0.15, 0.2) is 0 Å². The number of halogens is 2. The van der Waals surface area contributed by atoms with E-state index in [1.807, 2.05) is 25.2 Å². The van der Waals surface area contributed by atoms with E-state index in [1.165, 1.54) is 23.5 Å². The van der Waals surface area contributed by atoms with Gasteiger partial charge in [-0.15, -0.1) is 11.3 Å². The molecule has 1 amide bonds. The summed E-state index contributed by atoms with van der Waals surface area (Å²) in [6.45, 7) is 0.535. The monoisotopic (exact) mass is 351 g/mol. The van der Waals surface area contributed by atoms with Crippen molar-refractivity contribution >= 4 is 28.8 Å². The van der Waals surface area contributed by atoms with Gasteiger partial charge in [0.1, 0.15) is 5.82 Å². The molecule has 1 aliphatic rings. The minimum Gasteiger partial charge on any atom is -0.340 e. The number of rotatable bonds is 4. The van der Waals surface area contributed by atoms with Crippen LogP contribution in [0.25, 0.3) is 0 Å². The third-order valence-corrected chi connectivity index (χ3v) is 5.83. The predicted octanol–water partition coefficient (Wildman–Crippen LogP) is 5.01. The number of benzene rings is 1. The van der Waals surface area contributed by atoms with Crippen molar-refractivity contribution in [1.82, 2.24) is 4.90 Å². The standard InChI is InChI=1S/C18H19ClFNOS/c1-21(12-15-7-8-16(19)23-15)17(22)18(9-2-3-10-18)13-5-4-6-14(20)11-13/h4-8,11H,2-3,9-10,12H2,1H3. The molecule has 1 aromatic heterocycles. The van der Waals surface area contributed by atoms with E-state index in [0.717, 1.165) is 40.5 Å². The van der Waals surface area contributed by atoms with E-state index in [4.69, 9.17) is 11.6 Å². The molecule has 1 aromatic carbocycles. The molecular weight excluding hydrogens is 333 g/mol. The fourth-order valence-corrected chi connectivity index (χ4v) is 4.64. The fraction of sp³-hybridized carbons (Fsp3) is 0.389. The summed E-state index contributed by atoms with van der Waals surface area (Å²) >= 11 is 7.45. The van der Waals surface area contributed by atoms with Crippen LogP contribution in [0.2, 0.25) is 4.34 Å². The number of carbonyl (C=O) groups excluding carboxylic acids is 1. The summed E-state index contributed by atoms with van der Waals surface area (Å²) in [7, 11) is 1.81. The van der Waals surface area contributed by atoms with Crippen LogP contribution in [0.1, 0.15) is 36.1 Å². The van der Waals surface area contributed by atoms with Crippen molar-refractivity contribution in [3.63, 3.8) is 0 Å². The Balaban J connectivity index is 1.87. The number of amides is 1. The Morgan fingerprint density at radius 2 is 2.04 bits per heavy atom. The predicted molar refractivity (Wildman–Crippen MR) is 92.3 cm³/mol. The highest BCUT2D eigenvalue weighted by Gasteiger charge is 2.44. The summed E-state index contributed by atoms with van der Waals surface area (Å²) in [5.41, 5.74) is 0.216. The molecule has 0 atom stereocenters. The Hall–Kier alpha value is -1.39. The van der Waals surface area contributed by atoms with Crippen molar-refractivity contribution in [2.75, 3.05) is 7.05 Å². The summed E-state index contributed by atoms with van der Waals surface area (Å²) in [6, 6.07) is 10.3. The number of hydrogen-bond acceptors (Lipinski definition) is 2. The Kier molecular flexibility index (Phi) is 4.74. The summed E-state index contributed by atoms with van der Waals surface area (Å²) in [5, 5.41) is 0. The average Bonchev–Trinajstić information content (AvgIpc) is 3.16. The summed E-state index contributed by atoms with van der Waals surface area (Å²) < 4.78 is 14.4. The quantitative estimate of drug-likeness (QED) is 0.758. The molecule has 1 saturated carbocycles. The molecule has 0 bridgehead atoms. The van der Waals surface area contributed by atoms with Crippen LogP contribution in [0, 0.1) is 5.82 Å². The lowest BCUT2D eigenvalue weighted by Crippen LogP contribution is -2.43. The second kappa shape index (κ2) is 6.62. The highest BCUT2D eigenvalue weighted by Crippen LogP contribution is 2.43. The number of thiophene rings is 1. The lowest BCUT2D eigenvalue weighted by atomic mass is 9.77. The molecule has 0 unspecified atom stereocenters. The van der Waals surface area contributed by atoms with Crippen LogP contribution in [0.4, 0.5) is 4.39 Å². The molecule has 5 heteroatoms. The Bertz CT molecular complexity index is 709. The van der Waals surface area contributed by atoms with Gasteiger partial charge in [-0.25, -0.2) is 4.39 Å². The third kappa shape index (κ3) is 3.29. The molecule has 122 valence electrons. The highest BCUT2D eigenvalue weighted by molar-refractivity contribution is 7.16. The zero-order valence-corrected chi connectivity index (χ0v) is 14.6. The molecule has 1 heterocycles. The van der Waals surface area contributed by atoms with E-state index in [0.29, 0.717) is 6.54 Å². The minimum absolute atomic E-state index is 0.0742. The highest BCUT2D eigenvalue weighted by atomic mass is 35.5. The van der Waals surface area contributed by atoms with E-state index >= 15 is 0 Å². The smallest absolute Gasteiger partial charge is 0.233 e. The number of nitrogens with zero attached hydrogens (tertiary/aromatic N) is 1. The van der Waals surface area contributed by atoms with Crippen LogP contribution in [0.3, 0.4) is 0 Å². The van der Waals surface area contributed by atoms with Gasteiger partial charge < -0.3 is 4.90 Å². The molecule has 0 spiro atoms. The van der Waals surface area contributed by atoms with Gasteiger partial charge in [-0.3, -0.25) is 4.79 Å². The first-order valence-corrected chi connectivity index (χ1v) is 8.96. The lowest BCUT2D eigenvalue weighted by molar-refractivity contribution is -0.136. The lowest BCUT2D eigenvalue weighted by Gasteiger charge is -2.33. The topological polar surface area (TPSA) is 20.3 Å². The van der Waals surface area contributed by atoms with Gasteiger partial charge >= 0.3 is 0 Å². The number of likely N-dealkylation sites (N-methyl/N-ethyl adjacent to an activating group) is 1. The van der Waals surface area contributed by atoms with E-state index < -0.39 is 5.41 Å². The second-order valence-electron chi connectivity index (χ2n) is 6.17. The van der Waals surface area contributed by atoms with Crippen molar-refractivity contribution in [3.05, 3.63) is 57.0 Å². The van der Waals surface area contributed by atoms with Gasteiger partial charge in [-0.05, 0) is 42.7 Å². The Labute approximate surface area is 144 Å². The minimum atomic E-state index is -0.585. The fourth-order valence-electron chi connectivity index (χ4n) is 3.50. The van der Waals surface area contributed by atoms with E-state index in [1.54, 1.807) is 11.0 Å². The maximum Gasteiger partial charge on any atom is 0.233 e. The molecule has 23 heavy (non-hydrogen) atoms. The molecule has 1 aliphatic carbocycles. The zero-order chi connectivity index (χ0) is 16.4. The van der Waals surface area contributed by atoms with Crippen molar-refractivity contribution in [1.29, 1.82) is 0 Å². The molecule has 0 aliphatic heterocycles. The van der Waals surface area contributed by atoms with Gasteiger partial charge in [-0.1, -0.05) is 36.6 Å². The molecule has 0 radical (unpaired) electrons. The summed E-state index contributed by atoms with van der Waals surface area (Å²) in [6.07, 6.45) is 3.57. The first kappa shape index (κ1) is 16.5. The molecular formula is C18H19ClFNOS. The number of carbonyl (C=O) groups is 1. The summed E-state index contributed by atoms with van der Waals surface area (Å²) in [5.74, 6) is -0.209. The molecule has 3 rings (SSSR count). The van der Waals surface area contributed by atoms with Gasteiger partial charge in [0.2, 0.25) is 5.91 Å². The normalized spacial score (nSPS) is 16.5. The van der Waals surface area contributed by atoms with Crippen LogP contribution in [-0.2, 0) is 16.8 Å². The maximum absolute atomic E-state index is 13.7. The Morgan fingerprint density at radius 3 is 2.65 bits per heavy atom. The van der Waals surface area contributed by atoms with E-state index in [-0.39, 0.29) is 11.7 Å². The molecule has 0 N–H and O–H groups in total. The van der Waals surface area contributed by atoms with E-state index in [2.05, 4.69) is 0 Å². The average molecular weight is 352 g/mol. The van der Waals surface area contributed by atoms with Crippen LogP contribution in [-0.4, -0.2) is 17.9 Å². The van der Waals surface area contributed by atoms with Gasteiger partial charge in [0.05, 0.1) is 16.3 Å². The zero-order valence-electron chi connectivity index (χ0n) is 13.0. The van der Waals surface area contributed by atoms with Crippen LogP contribution in [0.15, 0.2) is 36.4 Å². The first-order valence-electron chi connectivity index (χ1n) is 7.77. The number of hydrogen-bond donors (Lipinski definition) is 0. The molecule has 1 fully saturated rings. The van der Waals surface area contributed by atoms with Gasteiger partial charge in [-0.2, -0.15) is 0 Å². The van der Waals surface area contributed by atoms with Crippen molar-refractivity contribution in [2.24, 2.45) is 0 Å². The van der Waals surface area contributed by atoms with Crippen molar-refractivity contribution < 1.29 is 9.18 Å². The van der Waals surface area contributed by atoms with Crippen LogP contribution < -0.4 is 0 Å². The van der Waals surface area contributed by atoms with Gasteiger partial charge in [0, 0.05) is 11.9 Å². The largest absolute Gasteiger partial charge is 0.340 e. The van der Waals surface area contributed by atoms with Crippen LogP contribution >= 0.6 is 22.9 Å². The second-order valence-corrected chi connectivity index (χ2v) is 7.97. The van der Waals surface area contributed by atoms with Crippen molar-refractivity contribution in [2.45, 2.75) is 37.6 Å².